The summed E-state index contributed by atoms with van der Waals surface area (Å²) in [5.41, 5.74) is 0.146. The van der Waals surface area contributed by atoms with Crippen LogP contribution in [-0.4, -0.2) is 11.0 Å². The van der Waals surface area contributed by atoms with Crippen molar-refractivity contribution in [1.29, 1.82) is 0 Å². The molecule has 0 atom stereocenters. The van der Waals surface area contributed by atoms with Gasteiger partial charge in [-0.3, -0.25) is 4.98 Å². The summed E-state index contributed by atoms with van der Waals surface area (Å²) in [7, 11) is 0. The lowest BCUT2D eigenvalue weighted by Gasteiger charge is -2.18. The van der Waals surface area contributed by atoms with Gasteiger partial charge < -0.3 is 15.4 Å². The van der Waals surface area contributed by atoms with Gasteiger partial charge in [-0.05, 0) is 48.5 Å². The van der Waals surface area contributed by atoms with Gasteiger partial charge in [0, 0.05) is 34.7 Å². The van der Waals surface area contributed by atoms with Gasteiger partial charge in [-0.1, -0.05) is 32.4 Å². The summed E-state index contributed by atoms with van der Waals surface area (Å²) in [5, 5.41) is 4.47. The number of nitrogens with zero attached hydrogens (tertiary/aromatic N) is 1. The van der Waals surface area contributed by atoms with Gasteiger partial charge in [0.15, 0.2) is 0 Å². The average Bonchev–Trinajstić information content (AvgIpc) is 2.70. The summed E-state index contributed by atoms with van der Waals surface area (Å²) in [6.45, 7) is 6.16. The number of pyridine rings is 1. The van der Waals surface area contributed by atoms with Gasteiger partial charge >= 0.3 is 12.2 Å². The first kappa shape index (κ1) is 23.4. The lowest BCUT2D eigenvalue weighted by atomic mass is 9.92. The van der Waals surface area contributed by atoms with Crippen LogP contribution in [0.5, 0.6) is 11.5 Å². The van der Waals surface area contributed by atoms with Crippen molar-refractivity contribution in [3.05, 3.63) is 77.1 Å². The normalized spacial score (nSPS) is 11.7. The Balaban J connectivity index is 1.63. The Bertz CT molecular complexity index is 1110. The van der Waals surface area contributed by atoms with Crippen LogP contribution in [0.15, 0.2) is 60.8 Å². The number of anilines is 2. The van der Waals surface area contributed by atoms with E-state index in [1.807, 2.05) is 6.07 Å². The molecule has 0 aliphatic carbocycles. The Morgan fingerprint density at radius 3 is 2.16 bits per heavy atom. The molecule has 0 saturated carbocycles. The monoisotopic (exact) mass is 463 g/mol. The zero-order chi connectivity index (χ0) is 23.5. The van der Waals surface area contributed by atoms with Crippen LogP contribution in [0.25, 0.3) is 0 Å². The van der Waals surface area contributed by atoms with E-state index in [2.05, 4.69) is 36.4 Å². The summed E-state index contributed by atoms with van der Waals surface area (Å²) in [6.07, 6.45) is -2.94. The zero-order valence-corrected chi connectivity index (χ0v) is 18.3. The van der Waals surface area contributed by atoms with Crippen molar-refractivity contribution < 1.29 is 22.7 Å². The highest BCUT2D eigenvalue weighted by Gasteiger charge is 2.33. The van der Waals surface area contributed by atoms with Crippen molar-refractivity contribution in [3.63, 3.8) is 0 Å². The lowest BCUT2D eigenvalue weighted by molar-refractivity contribution is -0.137. The number of rotatable bonds is 4. The molecule has 1 heterocycles. The summed E-state index contributed by atoms with van der Waals surface area (Å²) in [4.78, 5) is 16.5. The summed E-state index contributed by atoms with van der Waals surface area (Å²) in [6, 6.07) is 12.6. The van der Waals surface area contributed by atoms with Crippen LogP contribution < -0.4 is 15.4 Å². The molecular weight excluding hydrogens is 443 g/mol. The molecule has 5 nitrogen and oxygen atoms in total. The fraction of sp³-hybridized carbons (Fsp3) is 0.217. The number of benzene rings is 2. The minimum absolute atomic E-state index is 0.0356. The third-order valence-corrected chi connectivity index (χ3v) is 4.71. The molecule has 9 heteroatoms. The van der Waals surface area contributed by atoms with Gasteiger partial charge in [0.2, 0.25) is 0 Å². The average molecular weight is 464 g/mol. The third-order valence-electron chi connectivity index (χ3n) is 4.38. The number of hydrogen-bond acceptors (Lipinski definition) is 3. The fourth-order valence-corrected chi connectivity index (χ4v) is 2.97. The predicted molar refractivity (Wildman–Crippen MR) is 119 cm³/mol. The first-order valence-corrected chi connectivity index (χ1v) is 9.99. The van der Waals surface area contributed by atoms with Gasteiger partial charge in [0.1, 0.15) is 11.5 Å². The Kier molecular flexibility index (Phi) is 6.64. The molecule has 2 N–H and O–H groups in total. The lowest BCUT2D eigenvalue weighted by Crippen LogP contribution is -2.19. The van der Waals surface area contributed by atoms with Crippen molar-refractivity contribution in [1.82, 2.24) is 4.98 Å². The number of urea groups is 1. The number of aromatic nitrogens is 1. The molecule has 2 amide bonds. The third kappa shape index (κ3) is 6.13. The summed E-state index contributed by atoms with van der Waals surface area (Å²) < 4.78 is 44.7. The van der Waals surface area contributed by atoms with Gasteiger partial charge in [-0.2, -0.15) is 13.2 Å². The van der Waals surface area contributed by atoms with E-state index in [4.69, 9.17) is 16.3 Å². The molecule has 168 valence electrons. The highest BCUT2D eigenvalue weighted by molar-refractivity contribution is 6.31. The van der Waals surface area contributed by atoms with Crippen LogP contribution in [0.2, 0.25) is 5.02 Å². The zero-order valence-electron chi connectivity index (χ0n) is 17.5. The van der Waals surface area contributed by atoms with Crippen LogP contribution >= 0.6 is 11.6 Å². The molecule has 3 rings (SSSR count). The van der Waals surface area contributed by atoms with Crippen LogP contribution in [0.4, 0.5) is 29.3 Å². The van der Waals surface area contributed by atoms with E-state index >= 15 is 0 Å². The van der Waals surface area contributed by atoms with E-state index in [9.17, 15) is 18.0 Å². The minimum atomic E-state index is -4.62. The molecule has 32 heavy (non-hydrogen) atoms. The molecule has 0 unspecified atom stereocenters. The number of amides is 2. The molecule has 0 spiro atoms. The van der Waals surface area contributed by atoms with E-state index in [0.29, 0.717) is 17.2 Å². The first-order valence-electron chi connectivity index (χ1n) is 9.61. The molecule has 0 fully saturated rings. The van der Waals surface area contributed by atoms with Crippen LogP contribution in [0.3, 0.4) is 0 Å². The molecule has 3 aromatic rings. The van der Waals surface area contributed by atoms with Gasteiger partial charge in [0.25, 0.3) is 0 Å². The molecule has 0 aliphatic heterocycles. The van der Waals surface area contributed by atoms with E-state index in [0.717, 1.165) is 17.8 Å². The minimum Gasteiger partial charge on any atom is -0.457 e. The maximum absolute atomic E-state index is 13.0. The molecule has 0 bridgehead atoms. The van der Waals surface area contributed by atoms with Crippen molar-refractivity contribution in [2.75, 3.05) is 10.6 Å². The quantitative estimate of drug-likeness (QED) is 0.421. The first-order chi connectivity index (χ1) is 14.9. The fourth-order valence-electron chi connectivity index (χ4n) is 2.74. The highest BCUT2D eigenvalue weighted by Crippen LogP contribution is 2.36. The predicted octanol–water partition coefficient (Wildman–Crippen LogP) is 7.49. The molecule has 0 aliphatic rings. The standard InChI is InChI=1S/C23H21ClF3N3O2/c1-22(2,3)20-13-17(10-11-28-20)32-16-7-4-14(5-8-16)29-21(31)30-15-6-9-19(24)18(12-15)23(25,26)27/h4-13H,1-3H3,(H2,29,30,31). The number of alkyl halides is 3. The van der Waals surface area contributed by atoms with Gasteiger partial charge in [-0.15, -0.1) is 0 Å². The van der Waals surface area contributed by atoms with Crippen LogP contribution in [0, 0.1) is 0 Å². The Morgan fingerprint density at radius 2 is 1.53 bits per heavy atom. The Labute approximate surface area is 188 Å². The number of nitrogens with one attached hydrogen (secondary N) is 2. The summed E-state index contributed by atoms with van der Waals surface area (Å²) >= 11 is 5.59. The number of halogens is 4. The Hall–Kier alpha value is -3.26. The second kappa shape index (κ2) is 9.08. The van der Waals surface area contributed by atoms with Crippen molar-refractivity contribution in [3.8, 4) is 11.5 Å². The van der Waals surface area contributed by atoms with Gasteiger partial charge in [-0.25, -0.2) is 4.79 Å². The summed E-state index contributed by atoms with van der Waals surface area (Å²) in [5.74, 6) is 1.18. The molecular formula is C23H21ClF3N3O2. The highest BCUT2D eigenvalue weighted by atomic mass is 35.5. The number of hydrogen-bond donors (Lipinski definition) is 2. The van der Waals surface area contributed by atoms with Crippen molar-refractivity contribution in [2.24, 2.45) is 0 Å². The van der Waals surface area contributed by atoms with E-state index in [-0.39, 0.29) is 11.1 Å². The SMILES string of the molecule is CC(C)(C)c1cc(Oc2ccc(NC(=O)Nc3ccc(Cl)c(C(F)(F)F)c3)cc2)ccn1. The molecule has 1 aromatic heterocycles. The number of carbonyl (C=O) groups excluding carboxylic acids is 1. The number of ether oxygens (including phenoxy) is 1. The van der Waals surface area contributed by atoms with Crippen LogP contribution in [0.1, 0.15) is 32.0 Å². The van der Waals surface area contributed by atoms with Gasteiger partial charge in [0.05, 0.1) is 10.6 Å². The van der Waals surface area contributed by atoms with Crippen LogP contribution in [-0.2, 0) is 11.6 Å². The van der Waals surface area contributed by atoms with Crippen molar-refractivity contribution in [2.45, 2.75) is 32.4 Å². The van der Waals surface area contributed by atoms with E-state index in [1.54, 1.807) is 36.5 Å². The van der Waals surface area contributed by atoms with E-state index < -0.39 is 22.8 Å². The molecule has 2 aromatic carbocycles. The molecule has 0 saturated heterocycles. The van der Waals surface area contributed by atoms with Crippen molar-refractivity contribution >= 4 is 29.0 Å². The smallest absolute Gasteiger partial charge is 0.417 e. The Morgan fingerprint density at radius 1 is 0.906 bits per heavy atom. The van der Waals surface area contributed by atoms with E-state index in [1.165, 1.54) is 6.07 Å². The topological polar surface area (TPSA) is 63.2 Å². The maximum atomic E-state index is 13.0. The second-order valence-electron chi connectivity index (χ2n) is 8.02. The largest absolute Gasteiger partial charge is 0.457 e. The maximum Gasteiger partial charge on any atom is 0.417 e. The molecule has 0 radical (unpaired) electrons. The second-order valence-corrected chi connectivity index (χ2v) is 8.43. The number of carbonyl (C=O) groups is 1.